The van der Waals surface area contributed by atoms with Crippen molar-refractivity contribution in [1.29, 1.82) is 0 Å². The third kappa shape index (κ3) is 6.74. The molecule has 0 saturated carbocycles. The second kappa shape index (κ2) is 9.36. The standard InChI is InChI=1S/C16H22FNOS2/c17-14-5-3-4-13(12-14)8-10-18-16(19)7-2-1-6-15-9-11-20-21-15/h3-5,12,15H,1-2,6-11H2,(H,18,19). The van der Waals surface area contributed by atoms with Crippen molar-refractivity contribution in [3.8, 4) is 0 Å². The fraction of sp³-hybridized carbons (Fsp3) is 0.562. The quantitative estimate of drug-likeness (QED) is 0.573. The lowest BCUT2D eigenvalue weighted by molar-refractivity contribution is -0.121. The molecule has 1 aromatic carbocycles. The monoisotopic (exact) mass is 327 g/mol. The van der Waals surface area contributed by atoms with Crippen molar-refractivity contribution in [2.75, 3.05) is 12.3 Å². The van der Waals surface area contributed by atoms with E-state index in [-0.39, 0.29) is 11.7 Å². The molecule has 1 saturated heterocycles. The van der Waals surface area contributed by atoms with E-state index >= 15 is 0 Å². The van der Waals surface area contributed by atoms with Crippen molar-refractivity contribution < 1.29 is 9.18 Å². The molecular weight excluding hydrogens is 305 g/mol. The molecule has 1 unspecified atom stereocenters. The summed E-state index contributed by atoms with van der Waals surface area (Å²) >= 11 is 0. The molecule has 0 aliphatic carbocycles. The van der Waals surface area contributed by atoms with Crippen molar-refractivity contribution in [2.45, 2.75) is 43.8 Å². The van der Waals surface area contributed by atoms with Crippen LogP contribution in [0.25, 0.3) is 0 Å². The number of hydrogen-bond donors (Lipinski definition) is 1. The summed E-state index contributed by atoms with van der Waals surface area (Å²) in [6, 6.07) is 6.53. The van der Waals surface area contributed by atoms with Crippen LogP contribution in [0.2, 0.25) is 0 Å². The molecule has 0 bridgehead atoms. The van der Waals surface area contributed by atoms with Crippen LogP contribution in [0.15, 0.2) is 24.3 Å². The van der Waals surface area contributed by atoms with E-state index in [9.17, 15) is 9.18 Å². The lowest BCUT2D eigenvalue weighted by Gasteiger charge is -2.07. The molecule has 1 atom stereocenters. The van der Waals surface area contributed by atoms with Crippen LogP contribution in [-0.2, 0) is 11.2 Å². The molecule has 0 radical (unpaired) electrons. The Labute approximate surface area is 134 Å². The third-order valence-corrected chi connectivity index (χ3v) is 6.54. The zero-order valence-electron chi connectivity index (χ0n) is 12.1. The van der Waals surface area contributed by atoms with Crippen molar-refractivity contribution in [3.05, 3.63) is 35.6 Å². The van der Waals surface area contributed by atoms with Gasteiger partial charge in [-0.1, -0.05) is 40.1 Å². The summed E-state index contributed by atoms with van der Waals surface area (Å²) in [6.45, 7) is 0.581. The first-order valence-corrected chi connectivity index (χ1v) is 9.91. The number of carbonyl (C=O) groups excluding carboxylic acids is 1. The van der Waals surface area contributed by atoms with E-state index in [1.807, 2.05) is 27.7 Å². The van der Waals surface area contributed by atoms with Crippen LogP contribution in [0.5, 0.6) is 0 Å². The summed E-state index contributed by atoms with van der Waals surface area (Å²) < 4.78 is 13.0. The topological polar surface area (TPSA) is 29.1 Å². The number of nitrogens with one attached hydrogen (secondary N) is 1. The summed E-state index contributed by atoms with van der Waals surface area (Å²) in [7, 11) is 3.97. The van der Waals surface area contributed by atoms with Gasteiger partial charge in [0, 0.05) is 24.0 Å². The van der Waals surface area contributed by atoms with Crippen LogP contribution in [0.3, 0.4) is 0 Å². The van der Waals surface area contributed by atoms with E-state index in [1.54, 1.807) is 6.07 Å². The first-order chi connectivity index (χ1) is 10.2. The SMILES string of the molecule is O=C(CCCCC1CCSS1)NCCc1cccc(F)c1. The maximum atomic E-state index is 13.0. The molecule has 2 rings (SSSR count). The predicted molar refractivity (Wildman–Crippen MR) is 90.0 cm³/mol. The average molecular weight is 327 g/mol. The number of amides is 1. The minimum atomic E-state index is -0.221. The minimum absolute atomic E-state index is 0.111. The molecule has 21 heavy (non-hydrogen) atoms. The average Bonchev–Trinajstić information content (AvgIpc) is 2.97. The van der Waals surface area contributed by atoms with E-state index in [4.69, 9.17) is 0 Å². The Morgan fingerprint density at radius 2 is 2.29 bits per heavy atom. The van der Waals surface area contributed by atoms with E-state index in [1.165, 1.54) is 30.7 Å². The maximum Gasteiger partial charge on any atom is 0.220 e. The highest BCUT2D eigenvalue weighted by Gasteiger charge is 2.15. The summed E-state index contributed by atoms with van der Waals surface area (Å²) in [5.41, 5.74) is 0.922. The van der Waals surface area contributed by atoms with Gasteiger partial charge < -0.3 is 5.32 Å². The van der Waals surface area contributed by atoms with Crippen LogP contribution in [0.1, 0.15) is 37.7 Å². The van der Waals surface area contributed by atoms with E-state index in [0.29, 0.717) is 19.4 Å². The highest BCUT2D eigenvalue weighted by atomic mass is 33.1. The number of benzene rings is 1. The summed E-state index contributed by atoms with van der Waals surface area (Å²) in [5, 5.41) is 3.71. The maximum absolute atomic E-state index is 13.0. The molecule has 1 amide bonds. The van der Waals surface area contributed by atoms with Crippen LogP contribution < -0.4 is 5.32 Å². The predicted octanol–water partition coefficient (Wildman–Crippen LogP) is 4.20. The number of carbonyl (C=O) groups is 1. The van der Waals surface area contributed by atoms with Gasteiger partial charge in [0.1, 0.15) is 5.82 Å². The van der Waals surface area contributed by atoms with Crippen molar-refractivity contribution >= 4 is 27.5 Å². The summed E-state index contributed by atoms with van der Waals surface area (Å²) in [6.07, 6.45) is 5.93. The highest BCUT2D eigenvalue weighted by molar-refractivity contribution is 8.77. The smallest absolute Gasteiger partial charge is 0.220 e. The van der Waals surface area contributed by atoms with Gasteiger partial charge in [0.15, 0.2) is 0 Å². The van der Waals surface area contributed by atoms with E-state index in [0.717, 1.165) is 23.7 Å². The molecule has 1 heterocycles. The van der Waals surface area contributed by atoms with Crippen molar-refractivity contribution in [2.24, 2.45) is 0 Å². The Kier molecular flexibility index (Phi) is 7.44. The third-order valence-electron chi connectivity index (χ3n) is 3.53. The zero-order chi connectivity index (χ0) is 14.9. The van der Waals surface area contributed by atoms with Crippen LogP contribution in [-0.4, -0.2) is 23.5 Å². The molecule has 1 aliphatic heterocycles. The largest absolute Gasteiger partial charge is 0.356 e. The summed E-state index contributed by atoms with van der Waals surface area (Å²) in [4.78, 5) is 11.7. The highest BCUT2D eigenvalue weighted by Crippen LogP contribution is 2.39. The van der Waals surface area contributed by atoms with Gasteiger partial charge in [-0.2, -0.15) is 0 Å². The molecule has 2 nitrogen and oxygen atoms in total. The van der Waals surface area contributed by atoms with Crippen molar-refractivity contribution in [3.63, 3.8) is 0 Å². The Morgan fingerprint density at radius 3 is 3.05 bits per heavy atom. The van der Waals surface area contributed by atoms with Gasteiger partial charge in [-0.05, 0) is 43.4 Å². The Balaban J connectivity index is 1.51. The fourth-order valence-electron chi connectivity index (χ4n) is 2.35. The number of halogens is 1. The molecule has 0 spiro atoms. The Hall–Kier alpha value is -0.680. The van der Waals surface area contributed by atoms with E-state index in [2.05, 4.69) is 5.32 Å². The number of rotatable bonds is 8. The first-order valence-electron chi connectivity index (χ1n) is 7.53. The second-order valence-corrected chi connectivity index (χ2v) is 8.09. The van der Waals surface area contributed by atoms with Crippen LogP contribution >= 0.6 is 21.6 Å². The van der Waals surface area contributed by atoms with Gasteiger partial charge in [0.2, 0.25) is 5.91 Å². The Bertz CT molecular complexity index is 450. The molecule has 1 aromatic rings. The Morgan fingerprint density at radius 1 is 1.38 bits per heavy atom. The van der Waals surface area contributed by atoms with Gasteiger partial charge in [-0.3, -0.25) is 4.79 Å². The van der Waals surface area contributed by atoms with E-state index < -0.39 is 0 Å². The fourth-order valence-corrected chi connectivity index (χ4v) is 5.38. The van der Waals surface area contributed by atoms with Gasteiger partial charge in [0.25, 0.3) is 0 Å². The molecule has 1 N–H and O–H groups in total. The second-order valence-electron chi connectivity index (χ2n) is 5.30. The summed E-state index contributed by atoms with van der Waals surface area (Å²) in [5.74, 6) is 1.16. The van der Waals surface area contributed by atoms with Crippen LogP contribution in [0.4, 0.5) is 4.39 Å². The van der Waals surface area contributed by atoms with Gasteiger partial charge >= 0.3 is 0 Å². The van der Waals surface area contributed by atoms with Crippen LogP contribution in [0, 0.1) is 5.82 Å². The van der Waals surface area contributed by atoms with Gasteiger partial charge in [-0.15, -0.1) is 0 Å². The molecule has 1 aliphatic rings. The number of hydrogen-bond acceptors (Lipinski definition) is 3. The van der Waals surface area contributed by atoms with Gasteiger partial charge in [-0.25, -0.2) is 4.39 Å². The molecule has 1 fully saturated rings. The molecule has 0 aromatic heterocycles. The molecule has 5 heteroatoms. The minimum Gasteiger partial charge on any atom is -0.356 e. The first kappa shape index (κ1) is 16.7. The van der Waals surface area contributed by atoms with Crippen molar-refractivity contribution in [1.82, 2.24) is 5.32 Å². The van der Waals surface area contributed by atoms with Gasteiger partial charge in [0.05, 0.1) is 0 Å². The molecular formula is C16H22FNOS2. The number of unbranched alkanes of at least 4 members (excludes halogenated alkanes) is 1. The lowest BCUT2D eigenvalue weighted by Crippen LogP contribution is -2.25. The molecule has 116 valence electrons. The lowest BCUT2D eigenvalue weighted by atomic mass is 10.1. The normalized spacial score (nSPS) is 17.9. The zero-order valence-corrected chi connectivity index (χ0v) is 13.8.